The number of carbonyl (C=O) groups excluding carboxylic acids is 2. The van der Waals surface area contributed by atoms with Crippen molar-refractivity contribution in [1.29, 1.82) is 0 Å². The lowest BCUT2D eigenvalue weighted by atomic mass is 10.2. The normalized spacial score (nSPS) is 14.3. The Morgan fingerprint density at radius 3 is 1.36 bits per heavy atom. The van der Waals surface area contributed by atoms with Crippen LogP contribution < -0.4 is 0 Å². The molecule has 8 heteroatoms. The average Bonchev–Trinajstić information content (AvgIpc) is 2.23. The Kier molecular flexibility index (Phi) is 5.72. The van der Waals surface area contributed by atoms with Crippen molar-refractivity contribution in [2.75, 3.05) is 14.2 Å². The number of hydrogen-bond acceptors (Lipinski definition) is 8. The third-order valence-electron chi connectivity index (χ3n) is 1.37. The summed E-state index contributed by atoms with van der Waals surface area (Å²) in [6, 6.07) is 0. The molecule has 0 fully saturated rings. The maximum Gasteiger partial charge on any atom is 0.341 e. The molecule has 8 nitrogen and oxygen atoms in total. The lowest BCUT2D eigenvalue weighted by molar-refractivity contribution is -0.344. The van der Waals surface area contributed by atoms with Crippen molar-refractivity contribution in [1.82, 2.24) is 0 Å². The van der Waals surface area contributed by atoms with Gasteiger partial charge in [-0.2, -0.15) is 0 Å². The maximum atomic E-state index is 10.9. The van der Waals surface area contributed by atoms with E-state index in [1.807, 2.05) is 0 Å². The number of hydrogen-bond donors (Lipinski definition) is 2. The third-order valence-corrected chi connectivity index (χ3v) is 1.37. The number of esters is 2. The van der Waals surface area contributed by atoms with Crippen LogP contribution in [0.3, 0.4) is 0 Å². The standard InChI is InChI=1S/C6H10O8/c1-11-5(7)3(13-9)4(14-10)6(8)12-2/h3-4,9-10H,1-2H3. The molecule has 0 aliphatic carbocycles. The summed E-state index contributed by atoms with van der Waals surface area (Å²) in [5.41, 5.74) is 0. The van der Waals surface area contributed by atoms with Crippen LogP contribution in [0.1, 0.15) is 0 Å². The van der Waals surface area contributed by atoms with Crippen LogP contribution in [0.2, 0.25) is 0 Å². The summed E-state index contributed by atoms with van der Waals surface area (Å²) < 4.78 is 8.32. The van der Waals surface area contributed by atoms with E-state index < -0.39 is 24.1 Å². The summed E-state index contributed by atoms with van der Waals surface area (Å²) in [5, 5.41) is 16.5. The highest BCUT2D eigenvalue weighted by atomic mass is 17.1. The van der Waals surface area contributed by atoms with Crippen molar-refractivity contribution in [3.8, 4) is 0 Å². The van der Waals surface area contributed by atoms with E-state index in [0.29, 0.717) is 0 Å². The smallest absolute Gasteiger partial charge is 0.341 e. The molecular weight excluding hydrogens is 200 g/mol. The van der Waals surface area contributed by atoms with Crippen LogP contribution in [0.4, 0.5) is 0 Å². The van der Waals surface area contributed by atoms with Crippen molar-refractivity contribution < 1.29 is 39.4 Å². The van der Waals surface area contributed by atoms with Gasteiger partial charge in [0.1, 0.15) is 0 Å². The van der Waals surface area contributed by atoms with Gasteiger partial charge in [-0.25, -0.2) is 19.4 Å². The van der Waals surface area contributed by atoms with Gasteiger partial charge in [-0.05, 0) is 0 Å². The van der Waals surface area contributed by atoms with Crippen LogP contribution in [0.25, 0.3) is 0 Å². The van der Waals surface area contributed by atoms with E-state index in [2.05, 4.69) is 19.2 Å². The molecule has 0 saturated heterocycles. The molecule has 0 aromatic heterocycles. The van der Waals surface area contributed by atoms with Crippen LogP contribution >= 0.6 is 0 Å². The fourth-order valence-electron chi connectivity index (χ4n) is 0.676. The molecule has 0 rings (SSSR count). The lowest BCUT2D eigenvalue weighted by Gasteiger charge is -2.16. The van der Waals surface area contributed by atoms with Gasteiger partial charge in [0.25, 0.3) is 0 Å². The molecule has 82 valence electrons. The molecule has 0 aromatic carbocycles. The summed E-state index contributed by atoms with van der Waals surface area (Å²) in [6.07, 6.45) is -3.62. The molecule has 0 aliphatic heterocycles. The van der Waals surface area contributed by atoms with E-state index in [9.17, 15) is 9.59 Å². The number of rotatable bonds is 5. The predicted octanol–water partition coefficient (Wildman–Crippen LogP) is -0.951. The zero-order valence-electron chi connectivity index (χ0n) is 7.50. The van der Waals surface area contributed by atoms with Crippen LogP contribution in [-0.2, 0) is 28.8 Å². The molecule has 0 amide bonds. The second kappa shape index (κ2) is 6.27. The molecular formula is C6H10O8. The minimum atomic E-state index is -1.81. The topological polar surface area (TPSA) is 112 Å². The number of carbonyl (C=O) groups is 2. The fourth-order valence-corrected chi connectivity index (χ4v) is 0.676. The SMILES string of the molecule is COC(=O)C(OO)C(OO)C(=O)OC. The van der Waals surface area contributed by atoms with Gasteiger partial charge in [0.05, 0.1) is 14.2 Å². The Morgan fingerprint density at radius 2 is 1.21 bits per heavy atom. The molecule has 2 atom stereocenters. The van der Waals surface area contributed by atoms with Gasteiger partial charge >= 0.3 is 11.9 Å². The van der Waals surface area contributed by atoms with E-state index in [0.717, 1.165) is 14.2 Å². The molecule has 2 unspecified atom stereocenters. The van der Waals surface area contributed by atoms with Gasteiger partial charge in [-0.3, -0.25) is 10.5 Å². The fraction of sp³-hybridized carbons (Fsp3) is 0.667. The van der Waals surface area contributed by atoms with Crippen LogP contribution in [-0.4, -0.2) is 48.9 Å². The van der Waals surface area contributed by atoms with Crippen molar-refractivity contribution in [3.05, 3.63) is 0 Å². The summed E-state index contributed by atoms with van der Waals surface area (Å²) in [6.45, 7) is 0. The number of ether oxygens (including phenoxy) is 2. The minimum absolute atomic E-state index is 1.00. The monoisotopic (exact) mass is 210 g/mol. The molecule has 0 aromatic rings. The zero-order valence-corrected chi connectivity index (χ0v) is 7.50. The Hall–Kier alpha value is -1.22. The van der Waals surface area contributed by atoms with Crippen molar-refractivity contribution in [3.63, 3.8) is 0 Å². The van der Waals surface area contributed by atoms with Gasteiger partial charge in [-0.1, -0.05) is 0 Å². The highest BCUT2D eigenvalue weighted by Gasteiger charge is 2.38. The Bertz CT molecular complexity index is 180. The molecule has 14 heavy (non-hydrogen) atoms. The largest absolute Gasteiger partial charge is 0.467 e. The van der Waals surface area contributed by atoms with E-state index in [-0.39, 0.29) is 0 Å². The Balaban J connectivity index is 4.60. The maximum absolute atomic E-state index is 10.9. The minimum Gasteiger partial charge on any atom is -0.467 e. The highest BCUT2D eigenvalue weighted by molar-refractivity contribution is 5.85. The predicted molar refractivity (Wildman–Crippen MR) is 39.0 cm³/mol. The molecule has 0 saturated carbocycles. The summed E-state index contributed by atoms with van der Waals surface area (Å²) in [5.74, 6) is -2.20. The second-order valence-electron chi connectivity index (χ2n) is 2.10. The molecule has 2 N–H and O–H groups in total. The van der Waals surface area contributed by atoms with Crippen LogP contribution in [0.15, 0.2) is 0 Å². The quantitative estimate of drug-likeness (QED) is 0.339. The molecule has 0 bridgehead atoms. The van der Waals surface area contributed by atoms with E-state index in [4.69, 9.17) is 10.5 Å². The van der Waals surface area contributed by atoms with E-state index in [1.54, 1.807) is 0 Å². The van der Waals surface area contributed by atoms with Gasteiger partial charge in [-0.15, -0.1) is 0 Å². The van der Waals surface area contributed by atoms with Crippen molar-refractivity contribution >= 4 is 11.9 Å². The van der Waals surface area contributed by atoms with E-state index >= 15 is 0 Å². The zero-order chi connectivity index (χ0) is 11.1. The van der Waals surface area contributed by atoms with Crippen LogP contribution in [0.5, 0.6) is 0 Å². The first kappa shape index (κ1) is 12.8. The first-order valence-corrected chi connectivity index (χ1v) is 3.38. The first-order valence-electron chi connectivity index (χ1n) is 3.38. The van der Waals surface area contributed by atoms with Gasteiger partial charge in [0.2, 0.25) is 12.2 Å². The van der Waals surface area contributed by atoms with Crippen molar-refractivity contribution in [2.45, 2.75) is 12.2 Å². The Morgan fingerprint density at radius 1 is 0.929 bits per heavy atom. The third kappa shape index (κ3) is 2.92. The van der Waals surface area contributed by atoms with Gasteiger partial charge in [0.15, 0.2) is 0 Å². The summed E-state index contributed by atoms with van der Waals surface area (Å²) in [4.78, 5) is 29.0. The Labute approximate surface area is 78.8 Å². The lowest BCUT2D eigenvalue weighted by Crippen LogP contribution is -2.43. The van der Waals surface area contributed by atoms with E-state index in [1.165, 1.54) is 0 Å². The number of methoxy groups -OCH3 is 2. The molecule has 0 spiro atoms. The molecule has 0 radical (unpaired) electrons. The average molecular weight is 210 g/mol. The van der Waals surface area contributed by atoms with Crippen molar-refractivity contribution in [2.24, 2.45) is 0 Å². The second-order valence-corrected chi connectivity index (χ2v) is 2.10. The van der Waals surface area contributed by atoms with Gasteiger partial charge < -0.3 is 9.47 Å². The molecule has 0 heterocycles. The molecule has 0 aliphatic rings. The van der Waals surface area contributed by atoms with Gasteiger partial charge in [0, 0.05) is 0 Å². The highest BCUT2D eigenvalue weighted by Crippen LogP contribution is 2.06. The summed E-state index contributed by atoms with van der Waals surface area (Å²) in [7, 11) is 2.00. The first-order chi connectivity index (χ1) is 6.62. The van der Waals surface area contributed by atoms with Crippen LogP contribution in [0, 0.1) is 0 Å². The summed E-state index contributed by atoms with van der Waals surface area (Å²) >= 11 is 0.